The van der Waals surface area contributed by atoms with Crippen LogP contribution in [0, 0.1) is 0 Å². The summed E-state index contributed by atoms with van der Waals surface area (Å²) < 4.78 is 35.8. The van der Waals surface area contributed by atoms with Crippen LogP contribution in [0.3, 0.4) is 0 Å². The zero-order valence-corrected chi connectivity index (χ0v) is 19.5. The summed E-state index contributed by atoms with van der Waals surface area (Å²) in [5, 5.41) is 5.97. The van der Waals surface area contributed by atoms with Gasteiger partial charge in [-0.25, -0.2) is 28.4 Å². The third-order valence-electron chi connectivity index (χ3n) is 5.05. The Balaban J connectivity index is 1.57. The largest absolute Gasteiger partial charge is 0.480 e. The molecule has 1 fully saturated rings. The van der Waals surface area contributed by atoms with Gasteiger partial charge in [-0.15, -0.1) is 0 Å². The van der Waals surface area contributed by atoms with E-state index in [1.807, 2.05) is 0 Å². The van der Waals surface area contributed by atoms with E-state index in [1.54, 1.807) is 18.5 Å². The topological polar surface area (TPSA) is 155 Å². The summed E-state index contributed by atoms with van der Waals surface area (Å²) in [6.07, 6.45) is 6.23. The van der Waals surface area contributed by atoms with Crippen LogP contribution in [0.25, 0.3) is 0 Å². The Morgan fingerprint density at radius 2 is 1.91 bits per heavy atom. The summed E-state index contributed by atoms with van der Waals surface area (Å²) >= 11 is 0. The molecule has 0 aliphatic carbocycles. The number of amides is 1. The van der Waals surface area contributed by atoms with Crippen LogP contribution < -0.4 is 10.1 Å². The van der Waals surface area contributed by atoms with Gasteiger partial charge in [0.15, 0.2) is 33.8 Å². The second kappa shape index (κ2) is 11.0. The fourth-order valence-electron chi connectivity index (χ4n) is 3.20. The number of nitrogens with one attached hydrogen (secondary N) is 1. The fraction of sp³-hybridized carbons (Fsp3) is 0.273. The lowest BCUT2D eigenvalue weighted by atomic mass is 10.1. The number of rotatable bonds is 9. The van der Waals surface area contributed by atoms with Crippen molar-refractivity contribution < 1.29 is 27.5 Å². The Morgan fingerprint density at radius 3 is 2.54 bits per heavy atom. The Hall–Kier alpha value is -3.97. The molecule has 182 valence electrons. The summed E-state index contributed by atoms with van der Waals surface area (Å²) in [5.41, 5.74) is 0.228. The summed E-state index contributed by atoms with van der Waals surface area (Å²) in [6.45, 7) is 0.501. The summed E-state index contributed by atoms with van der Waals surface area (Å²) in [4.78, 5) is 34.6. The zero-order valence-electron chi connectivity index (χ0n) is 18.7. The highest BCUT2D eigenvalue weighted by Crippen LogP contribution is 2.23. The van der Waals surface area contributed by atoms with E-state index in [2.05, 4.69) is 30.4 Å². The van der Waals surface area contributed by atoms with Crippen LogP contribution in [0.4, 0.5) is 5.82 Å². The van der Waals surface area contributed by atoms with Gasteiger partial charge in [-0.3, -0.25) is 4.79 Å². The summed E-state index contributed by atoms with van der Waals surface area (Å²) in [6, 6.07) is 7.50. The van der Waals surface area contributed by atoms with Crippen molar-refractivity contribution in [2.45, 2.75) is 23.2 Å². The zero-order chi connectivity index (χ0) is 24.7. The van der Waals surface area contributed by atoms with Crippen LogP contribution in [0.5, 0.6) is 5.88 Å². The van der Waals surface area contributed by atoms with Gasteiger partial charge in [0, 0.05) is 24.6 Å². The van der Waals surface area contributed by atoms with Crippen molar-refractivity contribution in [3.63, 3.8) is 0 Å². The first-order valence-electron chi connectivity index (χ1n) is 10.5. The van der Waals surface area contributed by atoms with E-state index in [-0.39, 0.29) is 35.5 Å². The second-order valence-corrected chi connectivity index (χ2v) is 9.56. The van der Waals surface area contributed by atoms with Gasteiger partial charge in [-0.2, -0.15) is 0 Å². The maximum atomic E-state index is 13.0. The fourth-order valence-corrected chi connectivity index (χ4v) is 4.78. The maximum absolute atomic E-state index is 13.0. The Labute approximate surface area is 201 Å². The molecule has 0 spiro atoms. The predicted octanol–water partition coefficient (Wildman–Crippen LogP) is 1.40. The van der Waals surface area contributed by atoms with Gasteiger partial charge in [0.1, 0.15) is 0 Å². The molecule has 1 atom stereocenters. The van der Waals surface area contributed by atoms with Crippen LogP contribution in [0.1, 0.15) is 17.8 Å². The van der Waals surface area contributed by atoms with Gasteiger partial charge in [-0.1, -0.05) is 17.3 Å². The van der Waals surface area contributed by atoms with Crippen LogP contribution in [0.15, 0.2) is 65.2 Å². The number of nitrogens with zero attached hydrogens (tertiary/aromatic N) is 5. The van der Waals surface area contributed by atoms with E-state index < -0.39 is 21.0 Å². The number of methoxy groups -OCH3 is 1. The number of oxime groups is 1. The molecule has 1 N–H and O–H groups in total. The van der Waals surface area contributed by atoms with Crippen LogP contribution in [-0.4, -0.2) is 65.5 Å². The lowest BCUT2D eigenvalue weighted by Crippen LogP contribution is -2.25. The van der Waals surface area contributed by atoms with Gasteiger partial charge in [0.05, 0.1) is 36.3 Å². The molecule has 1 aliphatic rings. The summed E-state index contributed by atoms with van der Waals surface area (Å²) in [7, 11) is -2.10. The molecule has 35 heavy (non-hydrogen) atoms. The lowest BCUT2D eigenvalue weighted by molar-refractivity contribution is -0.110. The number of hydrogen-bond donors (Lipinski definition) is 1. The minimum atomic E-state index is -3.55. The number of ether oxygens (including phenoxy) is 2. The van der Waals surface area contributed by atoms with E-state index in [9.17, 15) is 13.2 Å². The molecular weight excluding hydrogens is 476 g/mol. The van der Waals surface area contributed by atoms with Crippen molar-refractivity contribution in [1.82, 2.24) is 19.9 Å². The number of sulfone groups is 1. The molecule has 12 nitrogen and oxygen atoms in total. The van der Waals surface area contributed by atoms with E-state index in [1.165, 1.54) is 43.8 Å². The molecule has 3 aromatic rings. The van der Waals surface area contributed by atoms with E-state index >= 15 is 0 Å². The monoisotopic (exact) mass is 498 g/mol. The molecule has 3 heterocycles. The average Bonchev–Trinajstić information content (AvgIpc) is 3.44. The molecule has 4 rings (SSSR count). The number of hydrogen-bond acceptors (Lipinski definition) is 11. The normalized spacial score (nSPS) is 16.0. The SMILES string of the molecule is COc1cnc(NC(=O)/C(=N/OCc2ncccn2)c2ccc(S(=O)(=O)[C@H]3CCOC3)cc2)cn1. The third kappa shape index (κ3) is 5.94. The first-order chi connectivity index (χ1) is 17.0. The van der Waals surface area contributed by atoms with Crippen molar-refractivity contribution in [3.05, 3.63) is 66.5 Å². The Bertz CT molecular complexity index is 1280. The molecule has 1 aromatic carbocycles. The highest BCUT2D eigenvalue weighted by Gasteiger charge is 2.31. The predicted molar refractivity (Wildman–Crippen MR) is 123 cm³/mol. The van der Waals surface area contributed by atoms with Crippen molar-refractivity contribution in [2.75, 3.05) is 25.6 Å². The van der Waals surface area contributed by atoms with Crippen molar-refractivity contribution >= 4 is 27.3 Å². The van der Waals surface area contributed by atoms with Crippen LogP contribution in [-0.2, 0) is 30.8 Å². The minimum Gasteiger partial charge on any atom is -0.480 e. The standard InChI is InChI=1S/C22H22N6O6S/c1-32-20-12-25-18(11-26-20)27-22(29)21(28-34-14-19-23-8-2-9-24-19)15-3-5-16(6-4-15)35(30,31)17-7-10-33-13-17/h2-6,8-9,11-12,17H,7,10,13-14H2,1H3,(H,25,27,29)/b28-21+/t17-/m0/s1. The molecule has 2 aromatic heterocycles. The van der Waals surface area contributed by atoms with Gasteiger partial charge >= 0.3 is 0 Å². The molecule has 0 bridgehead atoms. The Kier molecular flexibility index (Phi) is 7.57. The average molecular weight is 499 g/mol. The van der Waals surface area contributed by atoms with E-state index in [4.69, 9.17) is 14.3 Å². The number of benzene rings is 1. The molecule has 13 heteroatoms. The van der Waals surface area contributed by atoms with Crippen LogP contribution in [0.2, 0.25) is 0 Å². The highest BCUT2D eigenvalue weighted by atomic mass is 32.2. The molecule has 1 saturated heterocycles. The second-order valence-electron chi connectivity index (χ2n) is 7.33. The van der Waals surface area contributed by atoms with Crippen molar-refractivity contribution in [2.24, 2.45) is 5.16 Å². The maximum Gasteiger partial charge on any atom is 0.279 e. The van der Waals surface area contributed by atoms with Gasteiger partial charge < -0.3 is 19.6 Å². The van der Waals surface area contributed by atoms with Crippen molar-refractivity contribution in [3.8, 4) is 5.88 Å². The quantitative estimate of drug-likeness (QED) is 0.338. The molecule has 1 amide bonds. The van der Waals surface area contributed by atoms with Gasteiger partial charge in [0.25, 0.3) is 5.91 Å². The number of anilines is 1. The smallest absolute Gasteiger partial charge is 0.279 e. The first-order valence-corrected chi connectivity index (χ1v) is 12.1. The lowest BCUT2D eigenvalue weighted by Gasteiger charge is -2.11. The van der Waals surface area contributed by atoms with E-state index in [0.29, 0.717) is 24.4 Å². The molecule has 0 unspecified atom stereocenters. The molecule has 1 aliphatic heterocycles. The van der Waals surface area contributed by atoms with Gasteiger partial charge in [-0.05, 0) is 24.6 Å². The van der Waals surface area contributed by atoms with Crippen LogP contribution >= 0.6 is 0 Å². The number of carbonyl (C=O) groups is 1. The number of carbonyl (C=O) groups excluding carboxylic acids is 1. The molecule has 0 saturated carbocycles. The molecule has 0 radical (unpaired) electrons. The third-order valence-corrected chi connectivity index (χ3v) is 7.22. The Morgan fingerprint density at radius 1 is 1.14 bits per heavy atom. The highest BCUT2D eigenvalue weighted by molar-refractivity contribution is 7.92. The van der Waals surface area contributed by atoms with Crippen molar-refractivity contribution in [1.29, 1.82) is 0 Å². The van der Waals surface area contributed by atoms with E-state index in [0.717, 1.165) is 0 Å². The first kappa shape index (κ1) is 24.2. The number of aromatic nitrogens is 4. The molecular formula is C22H22N6O6S. The summed E-state index contributed by atoms with van der Waals surface area (Å²) in [5.74, 6) is 0.179. The van der Waals surface area contributed by atoms with Gasteiger partial charge in [0.2, 0.25) is 5.88 Å². The minimum absolute atomic E-state index is 0.0753.